The van der Waals surface area contributed by atoms with E-state index < -0.39 is 29.2 Å². The number of nitrogens with one attached hydrogen (secondary N) is 1. The van der Waals surface area contributed by atoms with Gasteiger partial charge in [-0.05, 0) is 37.8 Å². The number of nitrogens with zero attached hydrogens (tertiary/aromatic N) is 4. The summed E-state index contributed by atoms with van der Waals surface area (Å²) in [5.74, 6) is -2.38. The van der Waals surface area contributed by atoms with Crippen molar-refractivity contribution in [2.24, 2.45) is 5.92 Å². The molecule has 2 heterocycles. The second kappa shape index (κ2) is 8.33. The zero-order valence-corrected chi connectivity index (χ0v) is 17.2. The van der Waals surface area contributed by atoms with E-state index in [4.69, 9.17) is 5.73 Å². The molecule has 1 aromatic carbocycles. The van der Waals surface area contributed by atoms with Gasteiger partial charge in [-0.15, -0.1) is 0 Å². The number of halogens is 1. The zero-order chi connectivity index (χ0) is 23.0. The molecule has 1 amide bonds. The van der Waals surface area contributed by atoms with Gasteiger partial charge < -0.3 is 16.2 Å². The van der Waals surface area contributed by atoms with Gasteiger partial charge in [0.15, 0.2) is 11.5 Å². The minimum Gasteiger partial charge on any atom is -0.481 e. The Morgan fingerprint density at radius 1 is 1.22 bits per heavy atom. The van der Waals surface area contributed by atoms with Gasteiger partial charge in [-0.3, -0.25) is 19.0 Å². The van der Waals surface area contributed by atoms with E-state index in [9.17, 15) is 23.9 Å². The molecule has 4 rings (SSSR count). The molecule has 11 heteroatoms. The highest BCUT2D eigenvalue weighted by Gasteiger charge is 2.30. The first kappa shape index (κ1) is 21.3. The Hall–Kier alpha value is -3.89. The third-order valence-corrected chi connectivity index (χ3v) is 5.67. The molecule has 2 aromatic heterocycles. The van der Waals surface area contributed by atoms with Crippen molar-refractivity contribution in [3.63, 3.8) is 0 Å². The molecule has 0 bridgehead atoms. The number of benzene rings is 1. The summed E-state index contributed by atoms with van der Waals surface area (Å²) in [7, 11) is 0. The summed E-state index contributed by atoms with van der Waals surface area (Å²) in [6, 6.07) is 3.65. The fourth-order valence-corrected chi connectivity index (χ4v) is 4.10. The largest absolute Gasteiger partial charge is 0.481 e. The molecule has 1 aliphatic rings. The highest BCUT2D eigenvalue weighted by molar-refractivity contribution is 5.89. The summed E-state index contributed by atoms with van der Waals surface area (Å²) < 4.78 is 16.0. The van der Waals surface area contributed by atoms with Crippen LogP contribution in [0.3, 0.4) is 0 Å². The molecular weight excluding hydrogens is 419 g/mol. The van der Waals surface area contributed by atoms with Gasteiger partial charge in [-0.1, -0.05) is 6.07 Å². The summed E-state index contributed by atoms with van der Waals surface area (Å²) in [4.78, 5) is 48.5. The number of anilines is 2. The van der Waals surface area contributed by atoms with Gasteiger partial charge >= 0.3 is 5.97 Å². The fourth-order valence-electron chi connectivity index (χ4n) is 4.10. The molecule has 0 radical (unpaired) electrons. The van der Waals surface area contributed by atoms with Crippen LogP contribution in [0.2, 0.25) is 0 Å². The normalized spacial score (nSPS) is 18.4. The lowest BCUT2D eigenvalue weighted by Gasteiger charge is -2.28. The number of hydrogen-bond donors (Lipinski definition) is 3. The highest BCUT2D eigenvalue weighted by atomic mass is 19.1. The van der Waals surface area contributed by atoms with E-state index in [1.165, 1.54) is 30.0 Å². The number of nitrogen functional groups attached to an aromatic ring is 1. The number of carboxylic acids is 1. The molecule has 1 saturated carbocycles. The number of carbonyl (C=O) groups excluding carboxylic acids is 1. The lowest BCUT2D eigenvalue weighted by Crippen LogP contribution is -2.32. The predicted molar refractivity (Wildman–Crippen MR) is 114 cm³/mol. The van der Waals surface area contributed by atoms with Crippen molar-refractivity contribution in [3.8, 4) is 11.3 Å². The maximum absolute atomic E-state index is 14.5. The third kappa shape index (κ3) is 3.88. The Bertz CT molecular complexity index is 1280. The molecule has 1 aliphatic carbocycles. The van der Waals surface area contributed by atoms with E-state index in [0.717, 1.165) is 6.07 Å². The van der Waals surface area contributed by atoms with Crippen LogP contribution in [0.4, 0.5) is 15.9 Å². The van der Waals surface area contributed by atoms with Gasteiger partial charge in [0, 0.05) is 18.5 Å². The quantitative estimate of drug-likeness (QED) is 0.559. The lowest BCUT2D eigenvalue weighted by molar-refractivity contribution is -0.143. The van der Waals surface area contributed by atoms with Crippen LogP contribution in [0.15, 0.2) is 29.3 Å². The van der Waals surface area contributed by atoms with Crippen LogP contribution in [0, 0.1) is 11.7 Å². The second-order valence-corrected chi connectivity index (χ2v) is 7.79. The van der Waals surface area contributed by atoms with Crippen LogP contribution in [0.25, 0.3) is 22.4 Å². The molecule has 0 spiro atoms. The van der Waals surface area contributed by atoms with Gasteiger partial charge in [0.2, 0.25) is 5.91 Å². The van der Waals surface area contributed by atoms with E-state index in [1.807, 2.05) is 0 Å². The molecule has 0 aliphatic heterocycles. The average molecular weight is 440 g/mol. The Balaban J connectivity index is 1.85. The first-order valence-electron chi connectivity index (χ1n) is 10.1. The van der Waals surface area contributed by atoms with Gasteiger partial charge in [-0.25, -0.2) is 19.3 Å². The molecule has 3 aromatic rings. The SMILES string of the molecule is CC(=O)Nc1ccc(-c2nc3c(N)ncnc3n(C3CCC(C(=O)O)CC3)c2=O)cc1F. The smallest absolute Gasteiger partial charge is 0.306 e. The van der Waals surface area contributed by atoms with E-state index in [1.54, 1.807) is 0 Å². The number of hydrogen-bond acceptors (Lipinski definition) is 7. The minimum atomic E-state index is -0.850. The van der Waals surface area contributed by atoms with Crippen LogP contribution in [-0.4, -0.2) is 36.5 Å². The first-order valence-corrected chi connectivity index (χ1v) is 10.1. The zero-order valence-electron chi connectivity index (χ0n) is 17.2. The minimum absolute atomic E-state index is 0.0165. The molecule has 1 fully saturated rings. The number of nitrogens with two attached hydrogens (primary N) is 1. The summed E-state index contributed by atoms with van der Waals surface area (Å²) in [5, 5.41) is 11.7. The van der Waals surface area contributed by atoms with Gasteiger partial charge in [0.1, 0.15) is 23.4 Å². The summed E-state index contributed by atoms with van der Waals surface area (Å²) in [5.41, 5.74) is 6.12. The summed E-state index contributed by atoms with van der Waals surface area (Å²) in [6.45, 7) is 1.26. The fraction of sp³-hybridized carbons (Fsp3) is 0.333. The van der Waals surface area contributed by atoms with Crippen LogP contribution in [-0.2, 0) is 9.59 Å². The highest BCUT2D eigenvalue weighted by Crippen LogP contribution is 2.34. The standard InChI is InChI=1S/C21H21FN6O4/c1-10(29)26-15-7-4-12(8-14(15)22)16-20(30)28(13-5-2-11(3-6-13)21(31)32)19-17(27-16)18(23)24-9-25-19/h4,7-9,11,13H,2-3,5-6H2,1H3,(H,26,29)(H,31,32)(H2,23,24,25). The third-order valence-electron chi connectivity index (χ3n) is 5.67. The van der Waals surface area contributed by atoms with Gasteiger partial charge in [0.25, 0.3) is 5.56 Å². The molecule has 0 saturated heterocycles. The van der Waals surface area contributed by atoms with E-state index in [2.05, 4.69) is 20.3 Å². The van der Waals surface area contributed by atoms with Crippen molar-refractivity contribution in [2.45, 2.75) is 38.6 Å². The van der Waals surface area contributed by atoms with Crippen molar-refractivity contribution in [1.82, 2.24) is 19.5 Å². The average Bonchev–Trinajstić information content (AvgIpc) is 2.75. The van der Waals surface area contributed by atoms with Crippen LogP contribution in [0.1, 0.15) is 38.6 Å². The Kier molecular flexibility index (Phi) is 5.56. The van der Waals surface area contributed by atoms with Crippen molar-refractivity contribution >= 4 is 34.5 Å². The Labute approximate surface area is 181 Å². The maximum Gasteiger partial charge on any atom is 0.306 e. The second-order valence-electron chi connectivity index (χ2n) is 7.79. The Morgan fingerprint density at radius 2 is 1.94 bits per heavy atom. The number of carbonyl (C=O) groups is 2. The molecule has 4 N–H and O–H groups in total. The van der Waals surface area contributed by atoms with Crippen molar-refractivity contribution < 1.29 is 19.1 Å². The number of carboxylic acid groups (broad SMARTS) is 1. The number of fused-ring (bicyclic) bond motifs is 1. The monoisotopic (exact) mass is 440 g/mol. The van der Waals surface area contributed by atoms with E-state index in [-0.39, 0.29) is 40.0 Å². The topological polar surface area (TPSA) is 153 Å². The Morgan fingerprint density at radius 3 is 2.56 bits per heavy atom. The van der Waals surface area contributed by atoms with Crippen molar-refractivity contribution in [1.29, 1.82) is 0 Å². The van der Waals surface area contributed by atoms with E-state index in [0.29, 0.717) is 25.7 Å². The first-order chi connectivity index (χ1) is 15.3. The number of aliphatic carboxylic acids is 1. The maximum atomic E-state index is 14.5. The van der Waals surface area contributed by atoms with Crippen LogP contribution >= 0.6 is 0 Å². The van der Waals surface area contributed by atoms with Crippen molar-refractivity contribution in [3.05, 3.63) is 40.7 Å². The predicted octanol–water partition coefficient (Wildman–Crippen LogP) is 2.35. The van der Waals surface area contributed by atoms with Gasteiger partial charge in [0.05, 0.1) is 11.6 Å². The number of amides is 1. The number of rotatable bonds is 4. The summed E-state index contributed by atoms with van der Waals surface area (Å²) >= 11 is 0. The molecule has 32 heavy (non-hydrogen) atoms. The lowest BCUT2D eigenvalue weighted by atomic mass is 9.86. The van der Waals surface area contributed by atoms with Crippen LogP contribution in [0.5, 0.6) is 0 Å². The molecule has 10 nitrogen and oxygen atoms in total. The number of aromatic nitrogens is 4. The summed E-state index contributed by atoms with van der Waals surface area (Å²) in [6.07, 6.45) is 3.02. The molecule has 166 valence electrons. The van der Waals surface area contributed by atoms with Crippen molar-refractivity contribution in [2.75, 3.05) is 11.1 Å². The van der Waals surface area contributed by atoms with E-state index >= 15 is 0 Å². The molecule has 0 atom stereocenters. The van der Waals surface area contributed by atoms with Crippen LogP contribution < -0.4 is 16.6 Å². The molecular formula is C21H21FN6O4. The molecule has 0 unspecified atom stereocenters. The van der Waals surface area contributed by atoms with Gasteiger partial charge in [-0.2, -0.15) is 0 Å².